The molecule has 2 aromatic rings. The molecule has 2 aromatic carbocycles. The predicted molar refractivity (Wildman–Crippen MR) is 118 cm³/mol. The molecule has 0 saturated heterocycles. The van der Waals surface area contributed by atoms with Gasteiger partial charge in [0.1, 0.15) is 4.90 Å². The molecular weight excluding hydrogens is 502 g/mol. The third kappa shape index (κ3) is 7.95. The average Bonchev–Trinajstić information content (AvgIpc) is 2.70. The maximum atomic E-state index is 12.6. The van der Waals surface area contributed by atoms with Crippen molar-refractivity contribution in [1.82, 2.24) is 0 Å². The van der Waals surface area contributed by atoms with Crippen molar-refractivity contribution in [2.24, 2.45) is 0 Å². The second kappa shape index (κ2) is 10.4. The van der Waals surface area contributed by atoms with Gasteiger partial charge in [-0.1, -0.05) is 19.1 Å². The molecule has 13 nitrogen and oxygen atoms in total. The van der Waals surface area contributed by atoms with E-state index in [4.69, 9.17) is 4.55 Å². The number of hydrazine groups is 1. The van der Waals surface area contributed by atoms with Crippen molar-refractivity contribution >= 4 is 53.3 Å². The fourth-order valence-electron chi connectivity index (χ4n) is 2.51. The molecule has 0 heterocycles. The number of anilines is 3. The van der Waals surface area contributed by atoms with Gasteiger partial charge < -0.3 is 10.7 Å². The van der Waals surface area contributed by atoms with Crippen LogP contribution in [0.1, 0.15) is 13.3 Å². The number of rotatable bonds is 11. The third-order valence-electron chi connectivity index (χ3n) is 4.00. The molecule has 16 heteroatoms. The van der Waals surface area contributed by atoms with Crippen LogP contribution in [0.15, 0.2) is 52.3 Å². The molecule has 182 valence electrons. The molecule has 0 aliphatic rings. The summed E-state index contributed by atoms with van der Waals surface area (Å²) < 4.78 is 91.4. The van der Waals surface area contributed by atoms with Gasteiger partial charge in [-0.15, -0.1) is 0 Å². The Labute approximate surface area is 190 Å². The summed E-state index contributed by atoms with van der Waals surface area (Å²) >= 11 is 0. The lowest BCUT2D eigenvalue weighted by Gasteiger charge is -2.16. The molecule has 0 atom stereocenters. The largest absolute Gasteiger partial charge is 0.397 e. The summed E-state index contributed by atoms with van der Waals surface area (Å²) in [6.45, 7) is 0.690. The van der Waals surface area contributed by atoms with Gasteiger partial charge >= 0.3 is 10.4 Å². The van der Waals surface area contributed by atoms with E-state index in [-0.39, 0.29) is 28.4 Å². The Morgan fingerprint density at radius 3 is 2.18 bits per heavy atom. The van der Waals surface area contributed by atoms with Crippen molar-refractivity contribution in [1.29, 1.82) is 0 Å². The zero-order valence-electron chi connectivity index (χ0n) is 17.0. The zero-order valence-corrected chi connectivity index (χ0v) is 19.5. The molecule has 0 aliphatic carbocycles. The van der Waals surface area contributed by atoms with Gasteiger partial charge in [0.2, 0.25) is 5.91 Å². The highest BCUT2D eigenvalue weighted by molar-refractivity contribution is 7.91. The summed E-state index contributed by atoms with van der Waals surface area (Å²) in [4.78, 5) is 11.1. The number of carbonyl (C=O) groups is 1. The molecule has 0 radical (unpaired) electrons. The van der Waals surface area contributed by atoms with Crippen LogP contribution in [-0.2, 0) is 39.3 Å². The first-order valence-corrected chi connectivity index (χ1v) is 13.6. The SMILES string of the molecule is CCC(=O)Nc1cc(NNc2ccccc2S(=O)(=O)O)ccc1S(=O)(=O)CCOS(=O)(=O)O. The summed E-state index contributed by atoms with van der Waals surface area (Å²) in [7, 11) is -13.5. The van der Waals surface area contributed by atoms with E-state index < -0.39 is 53.5 Å². The van der Waals surface area contributed by atoms with Crippen LogP contribution in [-0.4, -0.2) is 52.6 Å². The summed E-state index contributed by atoms with van der Waals surface area (Å²) in [5.41, 5.74) is 5.28. The maximum absolute atomic E-state index is 12.6. The van der Waals surface area contributed by atoms with E-state index in [0.717, 1.165) is 12.1 Å². The Bertz CT molecular complexity index is 1340. The van der Waals surface area contributed by atoms with Crippen molar-refractivity contribution in [2.45, 2.75) is 23.1 Å². The number of sulfone groups is 1. The Hall–Kier alpha value is -2.76. The Balaban J connectivity index is 2.33. The molecule has 0 fully saturated rings. The highest BCUT2D eigenvalue weighted by Crippen LogP contribution is 2.27. The van der Waals surface area contributed by atoms with Gasteiger partial charge in [0.25, 0.3) is 10.1 Å². The number of hydrogen-bond acceptors (Lipinski definition) is 10. The monoisotopic (exact) mass is 523 g/mol. The van der Waals surface area contributed by atoms with E-state index in [1.165, 1.54) is 30.3 Å². The lowest BCUT2D eigenvalue weighted by atomic mass is 10.2. The van der Waals surface area contributed by atoms with E-state index in [1.807, 2.05) is 0 Å². The van der Waals surface area contributed by atoms with Crippen molar-refractivity contribution in [3.05, 3.63) is 42.5 Å². The van der Waals surface area contributed by atoms with E-state index in [2.05, 4.69) is 20.4 Å². The van der Waals surface area contributed by atoms with Gasteiger partial charge in [0, 0.05) is 6.42 Å². The summed E-state index contributed by atoms with van der Waals surface area (Å²) in [6, 6.07) is 9.11. The van der Waals surface area contributed by atoms with Crippen molar-refractivity contribution in [2.75, 3.05) is 28.5 Å². The molecule has 0 unspecified atom stereocenters. The van der Waals surface area contributed by atoms with Gasteiger partial charge in [0.05, 0.1) is 34.3 Å². The van der Waals surface area contributed by atoms with Crippen LogP contribution in [0.25, 0.3) is 0 Å². The fourth-order valence-corrected chi connectivity index (χ4v) is 4.80. The van der Waals surface area contributed by atoms with E-state index in [0.29, 0.717) is 0 Å². The number of benzene rings is 2. The topological polar surface area (TPSA) is 205 Å². The van der Waals surface area contributed by atoms with Crippen LogP contribution in [0.5, 0.6) is 0 Å². The van der Waals surface area contributed by atoms with E-state index in [9.17, 15) is 34.6 Å². The molecule has 33 heavy (non-hydrogen) atoms. The molecular formula is C17H21N3O10S3. The second-order valence-electron chi connectivity index (χ2n) is 6.40. The second-order valence-corrected chi connectivity index (χ2v) is 11.0. The smallest absolute Gasteiger partial charge is 0.325 e. The minimum Gasteiger partial charge on any atom is -0.325 e. The number of amides is 1. The molecule has 0 aromatic heterocycles. The average molecular weight is 524 g/mol. The molecule has 0 spiro atoms. The molecule has 2 rings (SSSR count). The van der Waals surface area contributed by atoms with Gasteiger partial charge in [-0.25, -0.2) is 12.6 Å². The maximum Gasteiger partial charge on any atom is 0.397 e. The van der Waals surface area contributed by atoms with Crippen molar-refractivity contribution in [3.8, 4) is 0 Å². The van der Waals surface area contributed by atoms with Crippen LogP contribution >= 0.6 is 0 Å². The summed E-state index contributed by atoms with van der Waals surface area (Å²) in [6.07, 6.45) is 0.0307. The highest BCUT2D eigenvalue weighted by atomic mass is 32.3. The standard InChI is InChI=1S/C17H21N3O10S3/c1-2-17(21)18-14-11-12(19-20-13-5-3-4-6-16(13)32(24,25)26)7-8-15(14)31(22,23)10-9-30-33(27,28)29/h3-8,11,19-20H,2,9-10H2,1H3,(H,18,21)(H,24,25,26)(H,27,28,29). The molecule has 5 N–H and O–H groups in total. The number of carbonyl (C=O) groups excluding carboxylic acids is 1. The lowest BCUT2D eigenvalue weighted by Crippen LogP contribution is -2.19. The summed E-state index contributed by atoms with van der Waals surface area (Å²) in [5, 5.41) is 2.42. The predicted octanol–water partition coefficient (Wildman–Crippen LogP) is 1.31. The van der Waals surface area contributed by atoms with Crippen LogP contribution in [0.2, 0.25) is 0 Å². The first kappa shape index (κ1) is 26.5. The van der Waals surface area contributed by atoms with Crippen LogP contribution < -0.4 is 16.2 Å². The molecule has 0 bridgehead atoms. The number of para-hydroxylation sites is 1. The minimum absolute atomic E-state index is 0.00166. The first-order valence-electron chi connectivity index (χ1n) is 9.10. The quantitative estimate of drug-likeness (QED) is 0.209. The fraction of sp³-hybridized carbons (Fsp3) is 0.235. The third-order valence-corrected chi connectivity index (χ3v) is 7.11. The van der Waals surface area contributed by atoms with E-state index in [1.54, 1.807) is 6.92 Å². The first-order chi connectivity index (χ1) is 15.2. The highest BCUT2D eigenvalue weighted by Gasteiger charge is 2.22. The van der Waals surface area contributed by atoms with Gasteiger partial charge in [-0.3, -0.25) is 19.3 Å². The molecule has 1 amide bonds. The van der Waals surface area contributed by atoms with Gasteiger partial charge in [-0.05, 0) is 30.3 Å². The van der Waals surface area contributed by atoms with Crippen LogP contribution in [0, 0.1) is 0 Å². The Kier molecular flexibility index (Phi) is 8.39. The Morgan fingerprint density at radius 2 is 1.58 bits per heavy atom. The minimum atomic E-state index is -4.83. The van der Waals surface area contributed by atoms with Gasteiger partial charge in [0.15, 0.2) is 9.84 Å². The van der Waals surface area contributed by atoms with Crippen LogP contribution in [0.3, 0.4) is 0 Å². The van der Waals surface area contributed by atoms with Gasteiger partial charge in [-0.2, -0.15) is 16.8 Å². The number of hydrogen-bond donors (Lipinski definition) is 5. The number of nitrogens with one attached hydrogen (secondary N) is 3. The summed E-state index contributed by atoms with van der Waals surface area (Å²) in [5.74, 6) is -1.32. The van der Waals surface area contributed by atoms with Crippen molar-refractivity contribution < 1.29 is 43.3 Å². The normalized spacial score (nSPS) is 12.2. The zero-order chi connectivity index (χ0) is 24.9. The lowest BCUT2D eigenvalue weighted by molar-refractivity contribution is -0.115. The van der Waals surface area contributed by atoms with E-state index >= 15 is 0 Å². The Morgan fingerprint density at radius 1 is 0.909 bits per heavy atom. The van der Waals surface area contributed by atoms with Crippen LogP contribution in [0.4, 0.5) is 17.1 Å². The molecule has 0 aliphatic heterocycles. The molecule has 0 saturated carbocycles. The van der Waals surface area contributed by atoms with Crippen molar-refractivity contribution in [3.63, 3.8) is 0 Å².